The van der Waals surface area contributed by atoms with Crippen molar-refractivity contribution in [1.82, 2.24) is 10.2 Å². The van der Waals surface area contributed by atoms with E-state index in [1.807, 2.05) is 42.5 Å². The van der Waals surface area contributed by atoms with Gasteiger partial charge in [-0.25, -0.2) is 0 Å². The zero-order valence-electron chi connectivity index (χ0n) is 17.1. The van der Waals surface area contributed by atoms with Gasteiger partial charge in [0.2, 0.25) is 5.88 Å². The Kier molecular flexibility index (Phi) is 5.06. The number of hydrogen-bond donors (Lipinski definition) is 0. The van der Waals surface area contributed by atoms with Gasteiger partial charge >= 0.3 is 0 Å². The van der Waals surface area contributed by atoms with E-state index >= 15 is 0 Å². The van der Waals surface area contributed by atoms with Gasteiger partial charge in [-0.3, -0.25) is 0 Å². The zero-order valence-corrected chi connectivity index (χ0v) is 17.1. The topological polar surface area (TPSA) is 44.2 Å². The second-order valence-corrected chi connectivity index (χ2v) is 7.66. The van der Waals surface area contributed by atoms with Crippen molar-refractivity contribution in [2.45, 2.75) is 32.6 Å². The molecule has 4 nitrogen and oxygen atoms in total. The number of rotatable bonds is 6. The third kappa shape index (κ3) is 3.61. The minimum Gasteiger partial charge on any atom is -0.494 e. The van der Waals surface area contributed by atoms with Gasteiger partial charge in [0.05, 0.1) is 6.61 Å². The molecule has 0 fully saturated rings. The van der Waals surface area contributed by atoms with Crippen molar-refractivity contribution in [1.29, 1.82) is 0 Å². The van der Waals surface area contributed by atoms with E-state index in [1.165, 1.54) is 24.0 Å². The van der Waals surface area contributed by atoms with Crippen LogP contribution < -0.4 is 9.47 Å². The highest BCUT2D eigenvalue weighted by atomic mass is 16.5. The lowest BCUT2D eigenvalue weighted by Crippen LogP contribution is -1.97. The zero-order chi connectivity index (χ0) is 20.3. The largest absolute Gasteiger partial charge is 0.494 e. The van der Waals surface area contributed by atoms with Gasteiger partial charge in [-0.2, -0.15) is 0 Å². The molecule has 0 bridgehead atoms. The molecular formula is C26H24N2O2. The van der Waals surface area contributed by atoms with Gasteiger partial charge in [0, 0.05) is 16.3 Å². The van der Waals surface area contributed by atoms with Crippen LogP contribution in [0.4, 0.5) is 0 Å². The van der Waals surface area contributed by atoms with Crippen molar-refractivity contribution in [2.75, 3.05) is 6.61 Å². The number of fused-ring (bicyclic) bond motifs is 2. The van der Waals surface area contributed by atoms with E-state index < -0.39 is 0 Å². The van der Waals surface area contributed by atoms with E-state index in [-0.39, 0.29) is 0 Å². The number of hydrogen-bond acceptors (Lipinski definition) is 4. The summed E-state index contributed by atoms with van der Waals surface area (Å²) in [7, 11) is 0. The van der Waals surface area contributed by atoms with E-state index in [9.17, 15) is 0 Å². The summed E-state index contributed by atoms with van der Waals surface area (Å²) in [6.45, 7) is 2.80. The predicted molar refractivity (Wildman–Crippen MR) is 119 cm³/mol. The molecule has 0 amide bonds. The lowest BCUT2D eigenvalue weighted by molar-refractivity contribution is 0.317. The summed E-state index contributed by atoms with van der Waals surface area (Å²) in [5.74, 6) is 2.06. The molecular weight excluding hydrogens is 372 g/mol. The molecule has 0 spiro atoms. The van der Waals surface area contributed by atoms with Gasteiger partial charge in [0.25, 0.3) is 0 Å². The molecule has 4 heteroatoms. The molecule has 1 aromatic heterocycles. The minimum atomic E-state index is 0.512. The highest BCUT2D eigenvalue weighted by molar-refractivity contribution is 5.97. The molecule has 0 radical (unpaired) electrons. The Hall–Kier alpha value is -3.40. The van der Waals surface area contributed by atoms with Crippen LogP contribution in [-0.2, 0) is 12.8 Å². The average Bonchev–Trinajstić information content (AvgIpc) is 3.27. The van der Waals surface area contributed by atoms with Crippen molar-refractivity contribution in [3.63, 3.8) is 0 Å². The maximum atomic E-state index is 6.09. The normalized spacial score (nSPS) is 12.7. The van der Waals surface area contributed by atoms with Crippen LogP contribution in [0, 0.1) is 0 Å². The highest BCUT2D eigenvalue weighted by Gasteiger charge is 2.16. The quantitative estimate of drug-likeness (QED) is 0.380. The summed E-state index contributed by atoms with van der Waals surface area (Å²) in [6, 6.07) is 22.5. The van der Waals surface area contributed by atoms with Gasteiger partial charge < -0.3 is 9.47 Å². The molecule has 0 unspecified atom stereocenters. The van der Waals surface area contributed by atoms with Crippen LogP contribution >= 0.6 is 0 Å². The molecule has 1 heterocycles. The van der Waals surface area contributed by atoms with Crippen molar-refractivity contribution in [2.24, 2.45) is 0 Å². The second kappa shape index (κ2) is 8.15. The van der Waals surface area contributed by atoms with Crippen molar-refractivity contribution >= 4 is 10.8 Å². The molecule has 4 aromatic rings. The number of ether oxygens (including phenoxy) is 2. The van der Waals surface area contributed by atoms with Gasteiger partial charge in [-0.05, 0) is 73.2 Å². The standard InChI is InChI=1S/C26H24N2O2/c1-2-16-29-21-12-14-22(15-13-21)30-26-24-9-4-3-8-23(24)25(27-28-26)20-11-10-18-6-5-7-19(18)17-20/h3-4,8-15,17H,2,5-7,16H2,1H3. The molecule has 150 valence electrons. The molecule has 3 aromatic carbocycles. The van der Waals surface area contributed by atoms with Crippen LogP contribution in [0.25, 0.3) is 22.0 Å². The summed E-state index contributed by atoms with van der Waals surface area (Å²) in [6.07, 6.45) is 4.54. The second-order valence-electron chi connectivity index (χ2n) is 7.66. The molecule has 0 N–H and O–H groups in total. The first-order valence-corrected chi connectivity index (χ1v) is 10.6. The molecule has 30 heavy (non-hydrogen) atoms. The van der Waals surface area contributed by atoms with E-state index in [0.717, 1.165) is 40.6 Å². The smallest absolute Gasteiger partial charge is 0.246 e. The first-order chi connectivity index (χ1) is 14.8. The van der Waals surface area contributed by atoms with E-state index in [1.54, 1.807) is 0 Å². The number of benzene rings is 3. The van der Waals surface area contributed by atoms with Crippen molar-refractivity contribution in [3.05, 3.63) is 77.9 Å². The van der Waals surface area contributed by atoms with Crippen LogP contribution in [0.3, 0.4) is 0 Å². The first-order valence-electron chi connectivity index (χ1n) is 10.6. The summed E-state index contributed by atoms with van der Waals surface area (Å²) in [4.78, 5) is 0. The monoisotopic (exact) mass is 396 g/mol. The molecule has 1 aliphatic carbocycles. The molecule has 0 aliphatic heterocycles. The average molecular weight is 396 g/mol. The van der Waals surface area contributed by atoms with Crippen molar-refractivity contribution < 1.29 is 9.47 Å². The maximum Gasteiger partial charge on any atom is 0.246 e. The van der Waals surface area contributed by atoms with Crippen LogP contribution in [0.2, 0.25) is 0 Å². The fraction of sp³-hybridized carbons (Fsp3) is 0.231. The number of aryl methyl sites for hydroxylation is 2. The van der Waals surface area contributed by atoms with Gasteiger partial charge in [-0.1, -0.05) is 37.3 Å². The lowest BCUT2D eigenvalue weighted by atomic mass is 10.0. The summed E-state index contributed by atoms with van der Waals surface area (Å²) < 4.78 is 11.7. The first kappa shape index (κ1) is 18.6. The molecule has 5 rings (SSSR count). The Morgan fingerprint density at radius 1 is 0.800 bits per heavy atom. The van der Waals surface area contributed by atoms with Crippen LogP contribution in [0.1, 0.15) is 30.9 Å². The van der Waals surface area contributed by atoms with E-state index in [0.29, 0.717) is 18.2 Å². The summed E-state index contributed by atoms with van der Waals surface area (Å²) >= 11 is 0. The highest BCUT2D eigenvalue weighted by Crippen LogP contribution is 2.35. The summed E-state index contributed by atoms with van der Waals surface area (Å²) in [5, 5.41) is 11.0. The Bertz CT molecular complexity index is 1190. The van der Waals surface area contributed by atoms with Crippen LogP contribution in [0.5, 0.6) is 17.4 Å². The predicted octanol–water partition coefficient (Wildman–Crippen LogP) is 6.37. The Labute approximate surface area is 176 Å². The maximum absolute atomic E-state index is 6.09. The summed E-state index contributed by atoms with van der Waals surface area (Å²) in [5.41, 5.74) is 4.91. The Morgan fingerprint density at radius 2 is 1.57 bits per heavy atom. The number of aromatic nitrogens is 2. The molecule has 0 atom stereocenters. The van der Waals surface area contributed by atoms with E-state index in [2.05, 4.69) is 41.4 Å². The third-order valence-electron chi connectivity index (χ3n) is 5.54. The fourth-order valence-corrected chi connectivity index (χ4v) is 4.02. The Morgan fingerprint density at radius 3 is 2.40 bits per heavy atom. The van der Waals surface area contributed by atoms with Gasteiger partial charge in [0.15, 0.2) is 0 Å². The van der Waals surface area contributed by atoms with Crippen LogP contribution in [-0.4, -0.2) is 16.8 Å². The van der Waals surface area contributed by atoms with Gasteiger partial charge in [-0.15, -0.1) is 10.2 Å². The number of nitrogens with zero attached hydrogens (tertiary/aromatic N) is 2. The van der Waals surface area contributed by atoms with E-state index in [4.69, 9.17) is 9.47 Å². The van der Waals surface area contributed by atoms with Crippen molar-refractivity contribution in [3.8, 4) is 28.6 Å². The van der Waals surface area contributed by atoms with Gasteiger partial charge in [0.1, 0.15) is 17.2 Å². The molecule has 0 saturated carbocycles. The Balaban J connectivity index is 1.48. The third-order valence-corrected chi connectivity index (χ3v) is 5.54. The SMILES string of the molecule is CCCOc1ccc(Oc2nnc(-c3ccc4c(c3)CCC4)c3ccccc23)cc1. The molecule has 1 aliphatic rings. The fourth-order valence-electron chi connectivity index (χ4n) is 4.02. The minimum absolute atomic E-state index is 0.512. The van der Waals surface area contributed by atoms with Crippen LogP contribution in [0.15, 0.2) is 66.7 Å². The molecule has 0 saturated heterocycles. The lowest BCUT2D eigenvalue weighted by Gasteiger charge is -2.12.